The summed E-state index contributed by atoms with van der Waals surface area (Å²) in [6, 6.07) is 19.3. The fraction of sp³-hybridized carbons (Fsp3) is 0.276. The van der Waals surface area contributed by atoms with Crippen molar-refractivity contribution >= 4 is 29.4 Å². The molecule has 2 fully saturated rings. The van der Waals surface area contributed by atoms with Gasteiger partial charge in [0.15, 0.2) is 0 Å². The molecule has 1 N–H and O–H groups in total. The van der Waals surface area contributed by atoms with Crippen LogP contribution in [0, 0.1) is 12.7 Å². The van der Waals surface area contributed by atoms with Gasteiger partial charge in [0.05, 0.1) is 13.1 Å². The standard InChI is InChI=1S/C29H29ClFN5O3/c1-19-8-11-22(24(30)14-19)16-34-17-25-35(27(28(34)38)21-6-4-3-5-7-21)26(37)18-33(2)36(25)29(39)32-15-20-9-12-23(31)13-10-20/h3-14,25,27H,15-18H2,1-2H3,(H,32,39)/t25-,27-/m0/s1. The number of piperazine rings is 1. The Morgan fingerprint density at radius 2 is 1.77 bits per heavy atom. The molecule has 0 saturated carbocycles. The molecule has 10 heteroatoms. The molecule has 0 aliphatic carbocycles. The first-order valence-corrected chi connectivity index (χ1v) is 13.0. The van der Waals surface area contributed by atoms with Gasteiger partial charge in [-0.15, -0.1) is 0 Å². The van der Waals surface area contributed by atoms with Gasteiger partial charge in [0.2, 0.25) is 5.91 Å². The van der Waals surface area contributed by atoms with E-state index in [0.29, 0.717) is 10.6 Å². The average Bonchev–Trinajstić information content (AvgIpc) is 2.91. The third kappa shape index (κ3) is 5.46. The highest BCUT2D eigenvalue weighted by Crippen LogP contribution is 2.35. The molecular formula is C29H29ClFN5O3. The zero-order chi connectivity index (χ0) is 27.7. The van der Waals surface area contributed by atoms with Crippen LogP contribution in [0.1, 0.15) is 28.3 Å². The van der Waals surface area contributed by atoms with E-state index in [2.05, 4.69) is 5.32 Å². The average molecular weight is 550 g/mol. The van der Waals surface area contributed by atoms with Crippen LogP contribution in [-0.4, -0.2) is 64.0 Å². The molecule has 0 spiro atoms. The van der Waals surface area contributed by atoms with Crippen molar-refractivity contribution in [2.75, 3.05) is 20.1 Å². The Balaban J connectivity index is 1.48. The third-order valence-electron chi connectivity index (χ3n) is 7.08. The van der Waals surface area contributed by atoms with E-state index in [1.807, 2.05) is 55.5 Å². The summed E-state index contributed by atoms with van der Waals surface area (Å²) in [6.45, 7) is 2.38. The van der Waals surface area contributed by atoms with Crippen molar-refractivity contribution in [3.05, 3.63) is 106 Å². The number of likely N-dealkylation sites (N-methyl/N-ethyl adjacent to an activating group) is 1. The van der Waals surface area contributed by atoms with E-state index in [-0.39, 0.29) is 43.8 Å². The number of hydrogen-bond donors (Lipinski definition) is 1. The van der Waals surface area contributed by atoms with Crippen molar-refractivity contribution in [3.8, 4) is 0 Å². The minimum absolute atomic E-state index is 0.0686. The van der Waals surface area contributed by atoms with Gasteiger partial charge in [-0.2, -0.15) is 0 Å². The minimum Gasteiger partial charge on any atom is -0.333 e. The Morgan fingerprint density at radius 3 is 2.46 bits per heavy atom. The smallest absolute Gasteiger partial charge is 0.333 e. The maximum Gasteiger partial charge on any atom is 0.334 e. The summed E-state index contributed by atoms with van der Waals surface area (Å²) in [4.78, 5) is 44.0. The molecule has 2 saturated heterocycles. The van der Waals surface area contributed by atoms with Gasteiger partial charge in [0, 0.05) is 25.2 Å². The third-order valence-corrected chi connectivity index (χ3v) is 7.43. The highest BCUT2D eigenvalue weighted by atomic mass is 35.5. The first kappa shape index (κ1) is 26.6. The molecule has 0 unspecified atom stereocenters. The number of carbonyl (C=O) groups is 3. The lowest BCUT2D eigenvalue weighted by Gasteiger charge is -2.54. The Morgan fingerprint density at radius 1 is 1.05 bits per heavy atom. The van der Waals surface area contributed by atoms with Gasteiger partial charge < -0.3 is 15.1 Å². The number of rotatable bonds is 5. The Hall–Kier alpha value is -3.95. The van der Waals surface area contributed by atoms with E-state index in [4.69, 9.17) is 11.6 Å². The summed E-state index contributed by atoms with van der Waals surface area (Å²) in [5.74, 6) is -0.846. The van der Waals surface area contributed by atoms with Gasteiger partial charge in [-0.25, -0.2) is 19.2 Å². The lowest BCUT2D eigenvalue weighted by molar-refractivity contribution is -0.188. The molecule has 8 nitrogen and oxygen atoms in total. The molecule has 2 aliphatic heterocycles. The van der Waals surface area contributed by atoms with E-state index in [0.717, 1.165) is 16.7 Å². The summed E-state index contributed by atoms with van der Waals surface area (Å²) in [7, 11) is 1.67. The largest absolute Gasteiger partial charge is 0.334 e. The van der Waals surface area contributed by atoms with Crippen molar-refractivity contribution < 1.29 is 18.8 Å². The van der Waals surface area contributed by atoms with E-state index in [9.17, 15) is 18.8 Å². The van der Waals surface area contributed by atoms with Gasteiger partial charge in [-0.3, -0.25) is 9.59 Å². The second kappa shape index (κ2) is 11.0. The number of benzene rings is 3. The lowest BCUT2D eigenvalue weighted by atomic mass is 9.98. The molecule has 39 heavy (non-hydrogen) atoms. The van der Waals surface area contributed by atoms with Gasteiger partial charge in [-0.05, 0) is 47.4 Å². The normalized spacial score (nSPS) is 19.7. The summed E-state index contributed by atoms with van der Waals surface area (Å²) in [5, 5.41) is 6.47. The van der Waals surface area contributed by atoms with Crippen molar-refractivity contribution in [3.63, 3.8) is 0 Å². The van der Waals surface area contributed by atoms with Crippen LogP contribution in [0.4, 0.5) is 9.18 Å². The van der Waals surface area contributed by atoms with Crippen LogP contribution in [0.15, 0.2) is 72.8 Å². The molecule has 3 aromatic carbocycles. The zero-order valence-electron chi connectivity index (χ0n) is 21.7. The van der Waals surface area contributed by atoms with Crippen LogP contribution >= 0.6 is 11.6 Å². The molecule has 2 heterocycles. The lowest BCUT2D eigenvalue weighted by Crippen LogP contribution is -2.73. The highest BCUT2D eigenvalue weighted by molar-refractivity contribution is 6.31. The van der Waals surface area contributed by atoms with E-state index < -0.39 is 18.2 Å². The monoisotopic (exact) mass is 549 g/mol. The van der Waals surface area contributed by atoms with E-state index in [1.54, 1.807) is 29.1 Å². The van der Waals surface area contributed by atoms with Gasteiger partial charge in [0.25, 0.3) is 5.91 Å². The molecule has 0 radical (unpaired) electrons. The Bertz CT molecular complexity index is 1390. The van der Waals surface area contributed by atoms with Crippen molar-refractivity contribution in [1.29, 1.82) is 0 Å². The number of aryl methyl sites for hydroxylation is 1. The number of carbonyl (C=O) groups excluding carboxylic acids is 3. The fourth-order valence-electron chi connectivity index (χ4n) is 5.14. The first-order chi connectivity index (χ1) is 18.7. The van der Waals surface area contributed by atoms with E-state index >= 15 is 0 Å². The number of hydrogen-bond acceptors (Lipinski definition) is 4. The number of nitrogens with one attached hydrogen (secondary N) is 1. The zero-order valence-corrected chi connectivity index (χ0v) is 22.4. The number of amides is 4. The summed E-state index contributed by atoms with van der Waals surface area (Å²) in [5.41, 5.74) is 3.18. The van der Waals surface area contributed by atoms with Crippen LogP contribution in [0.2, 0.25) is 5.02 Å². The van der Waals surface area contributed by atoms with Crippen molar-refractivity contribution in [2.45, 2.75) is 32.2 Å². The molecule has 0 bridgehead atoms. The topological polar surface area (TPSA) is 76.2 Å². The second-order valence-corrected chi connectivity index (χ2v) is 10.3. The number of urea groups is 1. The van der Waals surface area contributed by atoms with Crippen molar-refractivity contribution in [1.82, 2.24) is 25.1 Å². The molecular weight excluding hydrogens is 521 g/mol. The number of fused-ring (bicyclic) bond motifs is 1. The Labute approximate surface area is 231 Å². The van der Waals surface area contributed by atoms with Crippen molar-refractivity contribution in [2.24, 2.45) is 0 Å². The molecule has 202 valence electrons. The second-order valence-electron chi connectivity index (χ2n) is 9.85. The SMILES string of the molecule is Cc1ccc(CN2C[C@H]3N(C(=O)CN(C)N3C(=O)NCc3ccc(F)cc3)[C@@H](c3ccccc3)C2=O)c(Cl)c1. The number of nitrogens with zero attached hydrogens (tertiary/aromatic N) is 4. The maximum absolute atomic E-state index is 13.9. The minimum atomic E-state index is -0.900. The van der Waals surface area contributed by atoms with Crippen LogP contribution < -0.4 is 5.32 Å². The van der Waals surface area contributed by atoms with Gasteiger partial charge >= 0.3 is 6.03 Å². The highest BCUT2D eigenvalue weighted by Gasteiger charge is 2.51. The van der Waals surface area contributed by atoms with Crippen LogP contribution in [0.5, 0.6) is 0 Å². The molecule has 2 aliphatic rings. The van der Waals surface area contributed by atoms with E-state index in [1.165, 1.54) is 22.0 Å². The van der Waals surface area contributed by atoms with Crippen LogP contribution in [0.3, 0.4) is 0 Å². The van der Waals surface area contributed by atoms with Crippen LogP contribution in [0.25, 0.3) is 0 Å². The Kier molecular flexibility index (Phi) is 7.54. The number of halogens is 2. The summed E-state index contributed by atoms with van der Waals surface area (Å²) >= 11 is 6.51. The predicted octanol–water partition coefficient (Wildman–Crippen LogP) is 4.10. The molecule has 4 amide bonds. The molecule has 3 aromatic rings. The van der Waals surface area contributed by atoms with Crippen LogP contribution in [-0.2, 0) is 22.7 Å². The molecule has 2 atom stereocenters. The fourth-order valence-corrected chi connectivity index (χ4v) is 5.44. The molecule has 5 rings (SSSR count). The first-order valence-electron chi connectivity index (χ1n) is 12.7. The quantitative estimate of drug-likeness (QED) is 0.520. The summed E-state index contributed by atoms with van der Waals surface area (Å²) < 4.78 is 13.3. The molecule has 0 aromatic heterocycles. The maximum atomic E-state index is 13.9. The van der Waals surface area contributed by atoms with Gasteiger partial charge in [0.1, 0.15) is 18.0 Å². The predicted molar refractivity (Wildman–Crippen MR) is 145 cm³/mol. The number of hydrazine groups is 1. The summed E-state index contributed by atoms with van der Waals surface area (Å²) in [6.07, 6.45) is -0.753. The van der Waals surface area contributed by atoms with Gasteiger partial charge in [-0.1, -0.05) is 66.2 Å².